The van der Waals surface area contributed by atoms with Crippen molar-refractivity contribution in [2.24, 2.45) is 0 Å². The molecule has 2 heterocycles. The van der Waals surface area contributed by atoms with Crippen molar-refractivity contribution in [2.45, 2.75) is 12.8 Å². The highest BCUT2D eigenvalue weighted by atomic mass is 79.9. The zero-order valence-corrected chi connectivity index (χ0v) is 20.9. The van der Waals surface area contributed by atoms with E-state index in [2.05, 4.69) is 20.8 Å². The first-order valence-corrected chi connectivity index (χ1v) is 12.3. The van der Waals surface area contributed by atoms with E-state index < -0.39 is 5.91 Å². The van der Waals surface area contributed by atoms with Gasteiger partial charge in [0.15, 0.2) is 11.5 Å². The summed E-state index contributed by atoms with van der Waals surface area (Å²) in [4.78, 5) is 29.9. The normalized spacial score (nSPS) is 15.4. The minimum absolute atomic E-state index is 0.296. The first kappa shape index (κ1) is 23.4. The van der Waals surface area contributed by atoms with E-state index in [1.165, 1.54) is 12.8 Å². The summed E-state index contributed by atoms with van der Waals surface area (Å²) >= 11 is 3.45. The van der Waals surface area contributed by atoms with Crippen LogP contribution in [0.2, 0.25) is 0 Å². The summed E-state index contributed by atoms with van der Waals surface area (Å²) in [6, 6.07) is 17.4. The molecule has 180 valence electrons. The number of hydrogen-bond donors (Lipinski definition) is 0. The van der Waals surface area contributed by atoms with Gasteiger partial charge in [-0.05, 0) is 84.3 Å². The molecule has 0 aromatic heterocycles. The Balaban J connectivity index is 1.34. The van der Waals surface area contributed by atoms with Crippen LogP contribution in [0.15, 0.2) is 65.1 Å². The lowest BCUT2D eigenvalue weighted by Crippen LogP contribution is -2.29. The standard InChI is InChI=1S/C27H25BrN2O5/c1-33-25-16-18(8-11-24(25)34-15-14-29-12-4-5-13-29)30-26(31)20-10-9-19(17-21(20)27(30)32)35-23-7-3-2-6-22(23)28/h2-3,6-11,16-17H,4-5,12-15H2,1H3. The maximum atomic E-state index is 13.2. The van der Waals surface area contributed by atoms with E-state index in [9.17, 15) is 9.59 Å². The lowest BCUT2D eigenvalue weighted by Gasteiger charge is -2.18. The van der Waals surface area contributed by atoms with Gasteiger partial charge in [-0.3, -0.25) is 14.5 Å². The third kappa shape index (κ3) is 4.76. The monoisotopic (exact) mass is 536 g/mol. The number of carbonyl (C=O) groups is 2. The number of likely N-dealkylation sites (tertiary alicyclic amines) is 1. The second kappa shape index (κ2) is 10.1. The van der Waals surface area contributed by atoms with Crippen molar-refractivity contribution in [3.8, 4) is 23.0 Å². The Morgan fingerprint density at radius 3 is 2.40 bits per heavy atom. The predicted octanol–water partition coefficient (Wildman–Crippen LogP) is 5.53. The van der Waals surface area contributed by atoms with Gasteiger partial charge in [-0.2, -0.15) is 0 Å². The van der Waals surface area contributed by atoms with Gasteiger partial charge in [0.2, 0.25) is 0 Å². The molecular formula is C27H25BrN2O5. The second-order valence-corrected chi connectivity index (χ2v) is 9.27. The Kier molecular flexibility index (Phi) is 6.74. The fraction of sp³-hybridized carbons (Fsp3) is 0.259. The number of rotatable bonds is 8. The number of fused-ring (bicyclic) bond motifs is 1. The van der Waals surface area contributed by atoms with E-state index >= 15 is 0 Å². The topological polar surface area (TPSA) is 68.3 Å². The quantitative estimate of drug-likeness (QED) is 0.353. The van der Waals surface area contributed by atoms with Crippen molar-refractivity contribution in [3.05, 3.63) is 76.3 Å². The molecule has 2 amide bonds. The summed E-state index contributed by atoms with van der Waals surface area (Å²) in [6.45, 7) is 3.61. The SMILES string of the molecule is COc1cc(N2C(=O)c3ccc(Oc4ccccc4Br)cc3C2=O)ccc1OCCN1CCCC1. The number of amides is 2. The van der Waals surface area contributed by atoms with Crippen LogP contribution in [0.25, 0.3) is 0 Å². The van der Waals surface area contributed by atoms with E-state index in [0.717, 1.165) is 29.0 Å². The molecule has 0 aliphatic carbocycles. The third-order valence-electron chi connectivity index (χ3n) is 6.19. The average molecular weight is 537 g/mol. The van der Waals surface area contributed by atoms with E-state index in [-0.39, 0.29) is 5.91 Å². The van der Waals surface area contributed by atoms with Gasteiger partial charge < -0.3 is 14.2 Å². The number of carbonyl (C=O) groups excluding carboxylic acids is 2. The molecule has 0 N–H and O–H groups in total. The van der Waals surface area contributed by atoms with Crippen LogP contribution >= 0.6 is 15.9 Å². The highest BCUT2D eigenvalue weighted by molar-refractivity contribution is 9.10. The van der Waals surface area contributed by atoms with Crippen LogP contribution in [-0.2, 0) is 0 Å². The van der Waals surface area contributed by atoms with Crippen molar-refractivity contribution in [2.75, 3.05) is 38.3 Å². The minimum atomic E-state index is -0.410. The maximum Gasteiger partial charge on any atom is 0.266 e. The number of methoxy groups -OCH3 is 1. The highest BCUT2D eigenvalue weighted by Crippen LogP contribution is 2.37. The molecule has 8 heteroatoms. The van der Waals surface area contributed by atoms with Crippen LogP contribution in [0.1, 0.15) is 33.6 Å². The van der Waals surface area contributed by atoms with Gasteiger partial charge in [-0.25, -0.2) is 4.90 Å². The van der Waals surface area contributed by atoms with Crippen LogP contribution in [0.5, 0.6) is 23.0 Å². The van der Waals surface area contributed by atoms with Crippen LogP contribution in [0.3, 0.4) is 0 Å². The molecule has 35 heavy (non-hydrogen) atoms. The number of nitrogens with zero attached hydrogens (tertiary/aromatic N) is 2. The van der Waals surface area contributed by atoms with Crippen LogP contribution in [-0.4, -0.2) is 50.1 Å². The summed E-state index contributed by atoms with van der Waals surface area (Å²) in [7, 11) is 1.54. The number of benzene rings is 3. The number of halogens is 1. The Labute approximate surface area is 212 Å². The van der Waals surface area contributed by atoms with Crippen molar-refractivity contribution < 1.29 is 23.8 Å². The zero-order chi connectivity index (χ0) is 24.4. The van der Waals surface area contributed by atoms with Gasteiger partial charge in [0.05, 0.1) is 28.4 Å². The molecule has 0 atom stereocenters. The van der Waals surface area contributed by atoms with Gasteiger partial charge >= 0.3 is 0 Å². The summed E-state index contributed by atoms with van der Waals surface area (Å²) in [5.74, 6) is 1.34. The van der Waals surface area contributed by atoms with Crippen molar-refractivity contribution in [1.29, 1.82) is 0 Å². The van der Waals surface area contributed by atoms with Crippen molar-refractivity contribution >= 4 is 33.4 Å². The van der Waals surface area contributed by atoms with E-state index in [0.29, 0.717) is 46.4 Å². The van der Waals surface area contributed by atoms with Crippen LogP contribution < -0.4 is 19.1 Å². The van der Waals surface area contributed by atoms with E-state index in [4.69, 9.17) is 14.2 Å². The van der Waals surface area contributed by atoms with Gasteiger partial charge in [-0.1, -0.05) is 12.1 Å². The second-order valence-electron chi connectivity index (χ2n) is 8.42. The molecule has 0 unspecified atom stereocenters. The fourth-order valence-electron chi connectivity index (χ4n) is 4.38. The lowest BCUT2D eigenvalue weighted by molar-refractivity contribution is 0.0926. The fourth-order valence-corrected chi connectivity index (χ4v) is 4.74. The first-order chi connectivity index (χ1) is 17.0. The molecule has 5 rings (SSSR count). The molecule has 0 radical (unpaired) electrons. The Bertz CT molecular complexity index is 1270. The van der Waals surface area contributed by atoms with E-state index in [1.807, 2.05) is 24.3 Å². The predicted molar refractivity (Wildman–Crippen MR) is 136 cm³/mol. The Morgan fingerprint density at radius 2 is 1.63 bits per heavy atom. The van der Waals surface area contributed by atoms with Gasteiger partial charge in [-0.15, -0.1) is 0 Å². The molecule has 0 spiro atoms. The molecule has 1 saturated heterocycles. The number of hydrogen-bond acceptors (Lipinski definition) is 6. The number of imide groups is 1. The molecule has 0 saturated carbocycles. The number of para-hydroxylation sites is 1. The largest absolute Gasteiger partial charge is 0.493 e. The summed E-state index contributed by atoms with van der Waals surface area (Å²) in [5.41, 5.74) is 1.05. The maximum absolute atomic E-state index is 13.2. The molecule has 3 aromatic carbocycles. The number of ether oxygens (including phenoxy) is 3. The van der Waals surface area contributed by atoms with Crippen molar-refractivity contribution in [1.82, 2.24) is 4.90 Å². The molecule has 7 nitrogen and oxygen atoms in total. The van der Waals surface area contributed by atoms with Crippen LogP contribution in [0.4, 0.5) is 5.69 Å². The molecular weight excluding hydrogens is 512 g/mol. The van der Waals surface area contributed by atoms with Crippen molar-refractivity contribution in [3.63, 3.8) is 0 Å². The molecule has 2 aliphatic rings. The average Bonchev–Trinajstić information content (AvgIpc) is 3.47. The van der Waals surface area contributed by atoms with Gasteiger partial charge in [0.1, 0.15) is 18.1 Å². The Hall–Kier alpha value is -3.36. The lowest BCUT2D eigenvalue weighted by atomic mass is 10.1. The molecule has 0 bridgehead atoms. The Morgan fingerprint density at radius 1 is 0.857 bits per heavy atom. The summed E-state index contributed by atoms with van der Waals surface area (Å²) < 4.78 is 18.1. The minimum Gasteiger partial charge on any atom is -0.493 e. The smallest absolute Gasteiger partial charge is 0.266 e. The van der Waals surface area contributed by atoms with Gasteiger partial charge in [0, 0.05) is 12.6 Å². The third-order valence-corrected chi connectivity index (χ3v) is 6.85. The molecule has 3 aromatic rings. The summed E-state index contributed by atoms with van der Waals surface area (Å²) in [6.07, 6.45) is 2.46. The summed E-state index contributed by atoms with van der Waals surface area (Å²) in [5, 5.41) is 0. The molecule has 2 aliphatic heterocycles. The number of anilines is 1. The highest BCUT2D eigenvalue weighted by Gasteiger charge is 2.37. The zero-order valence-electron chi connectivity index (χ0n) is 19.3. The van der Waals surface area contributed by atoms with Crippen LogP contribution in [0, 0.1) is 0 Å². The van der Waals surface area contributed by atoms with Gasteiger partial charge in [0.25, 0.3) is 11.8 Å². The first-order valence-electron chi connectivity index (χ1n) is 11.5. The molecule has 1 fully saturated rings. The van der Waals surface area contributed by atoms with E-state index in [1.54, 1.807) is 43.5 Å².